The molecular weight excluding hydrogens is 258 g/mol. The van der Waals surface area contributed by atoms with E-state index in [2.05, 4.69) is 50.7 Å². The highest BCUT2D eigenvalue weighted by atomic mass is 15.2. The maximum absolute atomic E-state index is 9.55. The Bertz CT molecular complexity index is 319. The van der Waals surface area contributed by atoms with Gasteiger partial charge in [0.25, 0.3) is 0 Å². The monoisotopic (exact) mass is 293 g/mol. The zero-order chi connectivity index (χ0) is 15.8. The molecule has 3 nitrogen and oxygen atoms in total. The van der Waals surface area contributed by atoms with Crippen LogP contribution in [0.15, 0.2) is 0 Å². The van der Waals surface area contributed by atoms with Gasteiger partial charge < -0.3 is 4.90 Å². The lowest BCUT2D eigenvalue weighted by Gasteiger charge is -2.41. The van der Waals surface area contributed by atoms with Crippen LogP contribution in [-0.2, 0) is 0 Å². The second kappa shape index (κ2) is 9.43. The smallest absolute Gasteiger partial charge is 0.0672 e. The molecule has 0 spiro atoms. The summed E-state index contributed by atoms with van der Waals surface area (Å²) in [6.45, 7) is 10.2. The van der Waals surface area contributed by atoms with Crippen LogP contribution in [0.1, 0.15) is 52.9 Å². The first-order chi connectivity index (χ1) is 9.97. The first-order valence-electron chi connectivity index (χ1n) is 8.76. The Hall–Kier alpha value is -0.590. The van der Waals surface area contributed by atoms with E-state index in [-0.39, 0.29) is 5.92 Å². The molecule has 1 saturated carbocycles. The average Bonchev–Trinajstić information content (AvgIpc) is 2.43. The quantitative estimate of drug-likeness (QED) is 0.685. The van der Waals surface area contributed by atoms with Crippen LogP contribution < -0.4 is 0 Å². The SMILES string of the molecule is CCCC1CCC(C#N)C(N(CCN(C)C)CC(C)C)C1. The third-order valence-electron chi connectivity index (χ3n) is 4.69. The molecule has 21 heavy (non-hydrogen) atoms. The lowest BCUT2D eigenvalue weighted by atomic mass is 9.76. The number of hydrogen-bond acceptors (Lipinski definition) is 3. The molecule has 1 aliphatic rings. The molecule has 0 aromatic rings. The lowest BCUT2D eigenvalue weighted by Crippen LogP contribution is -2.48. The number of hydrogen-bond donors (Lipinski definition) is 0. The van der Waals surface area contributed by atoms with Gasteiger partial charge >= 0.3 is 0 Å². The highest BCUT2D eigenvalue weighted by Gasteiger charge is 2.34. The van der Waals surface area contributed by atoms with Crippen LogP contribution in [0.2, 0.25) is 0 Å². The molecular formula is C18H35N3. The maximum atomic E-state index is 9.55. The van der Waals surface area contributed by atoms with Gasteiger partial charge in [-0.15, -0.1) is 0 Å². The van der Waals surface area contributed by atoms with E-state index in [9.17, 15) is 5.26 Å². The highest BCUT2D eigenvalue weighted by Crippen LogP contribution is 2.34. The predicted molar refractivity (Wildman–Crippen MR) is 90.1 cm³/mol. The number of nitriles is 1. The van der Waals surface area contributed by atoms with Crippen molar-refractivity contribution < 1.29 is 0 Å². The van der Waals surface area contributed by atoms with E-state index < -0.39 is 0 Å². The summed E-state index contributed by atoms with van der Waals surface area (Å²) in [4.78, 5) is 4.86. The average molecular weight is 293 g/mol. The van der Waals surface area contributed by atoms with Gasteiger partial charge in [0.2, 0.25) is 0 Å². The fourth-order valence-corrected chi connectivity index (χ4v) is 3.65. The van der Waals surface area contributed by atoms with Gasteiger partial charge in [0.15, 0.2) is 0 Å². The summed E-state index contributed by atoms with van der Waals surface area (Å²) in [5.41, 5.74) is 0. The van der Waals surface area contributed by atoms with Gasteiger partial charge in [-0.05, 0) is 45.2 Å². The molecule has 3 unspecified atom stereocenters. The van der Waals surface area contributed by atoms with E-state index in [0.29, 0.717) is 12.0 Å². The molecule has 3 heteroatoms. The van der Waals surface area contributed by atoms with Crippen LogP contribution in [-0.4, -0.2) is 49.6 Å². The Morgan fingerprint density at radius 2 is 1.90 bits per heavy atom. The molecule has 0 radical (unpaired) electrons. The molecule has 0 aromatic heterocycles. The van der Waals surface area contributed by atoms with Crippen molar-refractivity contribution in [3.05, 3.63) is 0 Å². The second-order valence-electron chi connectivity index (χ2n) is 7.46. The Labute approximate surface area is 132 Å². The summed E-state index contributed by atoms with van der Waals surface area (Å²) in [5.74, 6) is 1.73. The van der Waals surface area contributed by atoms with Crippen molar-refractivity contribution in [3.63, 3.8) is 0 Å². The predicted octanol–water partition coefficient (Wildman–Crippen LogP) is 3.61. The maximum Gasteiger partial charge on any atom is 0.0672 e. The third-order valence-corrected chi connectivity index (χ3v) is 4.69. The van der Waals surface area contributed by atoms with E-state index >= 15 is 0 Å². The fourth-order valence-electron chi connectivity index (χ4n) is 3.65. The van der Waals surface area contributed by atoms with Gasteiger partial charge in [-0.2, -0.15) is 5.26 Å². The normalized spacial score (nSPS) is 26.5. The van der Waals surface area contributed by atoms with E-state index in [1.165, 1.54) is 25.7 Å². The zero-order valence-corrected chi connectivity index (χ0v) is 14.8. The Morgan fingerprint density at radius 1 is 1.19 bits per heavy atom. The Balaban J connectivity index is 2.75. The molecule has 0 N–H and O–H groups in total. The minimum Gasteiger partial charge on any atom is -0.308 e. The van der Waals surface area contributed by atoms with Crippen LogP contribution in [0.3, 0.4) is 0 Å². The zero-order valence-electron chi connectivity index (χ0n) is 14.8. The number of likely N-dealkylation sites (N-methyl/N-ethyl adjacent to an activating group) is 1. The van der Waals surface area contributed by atoms with Gasteiger partial charge in [0.1, 0.15) is 0 Å². The van der Waals surface area contributed by atoms with Gasteiger partial charge in [0.05, 0.1) is 12.0 Å². The van der Waals surface area contributed by atoms with E-state index in [4.69, 9.17) is 0 Å². The van der Waals surface area contributed by atoms with Crippen molar-refractivity contribution >= 4 is 0 Å². The summed E-state index contributed by atoms with van der Waals surface area (Å²) < 4.78 is 0. The Morgan fingerprint density at radius 3 is 2.43 bits per heavy atom. The minimum absolute atomic E-state index is 0.235. The molecule has 1 aliphatic carbocycles. The van der Waals surface area contributed by atoms with Gasteiger partial charge in [-0.3, -0.25) is 4.90 Å². The molecule has 3 atom stereocenters. The molecule has 0 amide bonds. The van der Waals surface area contributed by atoms with Gasteiger partial charge in [-0.1, -0.05) is 33.6 Å². The first kappa shape index (κ1) is 18.5. The molecule has 0 bridgehead atoms. The van der Waals surface area contributed by atoms with E-state index in [1.54, 1.807) is 0 Å². The van der Waals surface area contributed by atoms with E-state index in [1.807, 2.05) is 0 Å². The van der Waals surface area contributed by atoms with Crippen LogP contribution in [0.5, 0.6) is 0 Å². The van der Waals surface area contributed by atoms with Crippen molar-refractivity contribution in [1.29, 1.82) is 5.26 Å². The molecule has 1 rings (SSSR count). The largest absolute Gasteiger partial charge is 0.308 e. The van der Waals surface area contributed by atoms with Crippen molar-refractivity contribution in [3.8, 4) is 6.07 Å². The van der Waals surface area contributed by atoms with Crippen LogP contribution in [0, 0.1) is 29.1 Å². The molecule has 0 heterocycles. The molecule has 0 saturated heterocycles. The molecule has 0 aromatic carbocycles. The summed E-state index contributed by atoms with van der Waals surface area (Å²) >= 11 is 0. The van der Waals surface area contributed by atoms with E-state index in [0.717, 1.165) is 32.0 Å². The molecule has 1 fully saturated rings. The molecule has 122 valence electrons. The van der Waals surface area contributed by atoms with Crippen molar-refractivity contribution in [2.24, 2.45) is 17.8 Å². The third kappa shape index (κ3) is 6.36. The van der Waals surface area contributed by atoms with Crippen LogP contribution in [0.25, 0.3) is 0 Å². The summed E-state index contributed by atoms with van der Waals surface area (Å²) in [7, 11) is 4.27. The van der Waals surface area contributed by atoms with Gasteiger partial charge in [0, 0.05) is 25.7 Å². The number of nitrogens with zero attached hydrogens (tertiary/aromatic N) is 3. The topological polar surface area (TPSA) is 30.3 Å². The van der Waals surface area contributed by atoms with Crippen LogP contribution >= 0.6 is 0 Å². The van der Waals surface area contributed by atoms with Crippen molar-refractivity contribution in [2.75, 3.05) is 33.7 Å². The van der Waals surface area contributed by atoms with Crippen molar-refractivity contribution in [1.82, 2.24) is 9.80 Å². The lowest BCUT2D eigenvalue weighted by molar-refractivity contribution is 0.0810. The number of rotatable bonds is 8. The Kier molecular flexibility index (Phi) is 8.29. The second-order valence-corrected chi connectivity index (χ2v) is 7.46. The van der Waals surface area contributed by atoms with Crippen LogP contribution in [0.4, 0.5) is 0 Å². The summed E-state index contributed by atoms with van der Waals surface area (Å²) in [5, 5.41) is 9.55. The summed E-state index contributed by atoms with van der Waals surface area (Å²) in [6, 6.07) is 3.08. The minimum atomic E-state index is 0.235. The standard InChI is InChI=1S/C18H35N3/c1-6-7-16-8-9-17(13-19)18(12-16)21(14-15(2)3)11-10-20(4)5/h15-18H,6-12,14H2,1-5H3. The van der Waals surface area contributed by atoms with Gasteiger partial charge in [-0.25, -0.2) is 0 Å². The highest BCUT2D eigenvalue weighted by molar-refractivity contribution is 4.98. The molecule has 0 aliphatic heterocycles. The fraction of sp³-hybridized carbons (Fsp3) is 0.944. The van der Waals surface area contributed by atoms with Crippen molar-refractivity contribution in [2.45, 2.75) is 58.9 Å². The summed E-state index contributed by atoms with van der Waals surface area (Å²) in [6.07, 6.45) is 6.19. The first-order valence-corrected chi connectivity index (χ1v) is 8.76.